The fraction of sp³-hybridized carbons (Fsp3) is 0.346. The molecule has 3 aromatic rings. The summed E-state index contributed by atoms with van der Waals surface area (Å²) in [5, 5.41) is 26.9. The summed E-state index contributed by atoms with van der Waals surface area (Å²) < 4.78 is 5.78. The normalized spacial score (nSPS) is 13.4. The number of aliphatic hydroxyl groups is 1. The third-order valence-corrected chi connectivity index (χ3v) is 5.94. The Morgan fingerprint density at radius 3 is 2.50 bits per heavy atom. The van der Waals surface area contributed by atoms with E-state index < -0.39 is 11.8 Å². The molecule has 2 heterocycles. The van der Waals surface area contributed by atoms with Crippen molar-refractivity contribution < 1.29 is 19.4 Å². The van der Waals surface area contributed by atoms with Crippen LogP contribution in [-0.2, 0) is 16.0 Å². The number of anilines is 2. The number of hydrogen-bond donors (Lipinski definition) is 3. The highest BCUT2D eigenvalue weighted by molar-refractivity contribution is 6.29. The maximum Gasteiger partial charge on any atom is 0.267 e. The van der Waals surface area contributed by atoms with Crippen LogP contribution in [0.25, 0.3) is 0 Å². The van der Waals surface area contributed by atoms with E-state index in [4.69, 9.17) is 4.74 Å². The number of aliphatic hydroxyl groups excluding tert-OH is 1. The molecule has 36 heavy (non-hydrogen) atoms. The summed E-state index contributed by atoms with van der Waals surface area (Å²) in [6.07, 6.45) is 6.14. The minimum Gasteiger partial charge on any atom is -0.509 e. The Morgan fingerprint density at radius 2 is 1.78 bits per heavy atom. The molecule has 2 aromatic carbocycles. The Kier molecular flexibility index (Phi) is 8.28. The number of amides is 2. The minimum absolute atomic E-state index is 0.0315. The number of unbranched alkanes of at least 4 members (excludes halogenated alkanes) is 4. The van der Waals surface area contributed by atoms with Crippen molar-refractivity contribution in [2.45, 2.75) is 45.4 Å². The second-order valence-electron chi connectivity index (χ2n) is 8.72. The van der Waals surface area contributed by atoms with Crippen molar-refractivity contribution in [1.29, 1.82) is 0 Å². The van der Waals surface area contributed by atoms with Gasteiger partial charge in [0, 0.05) is 17.8 Å². The van der Waals surface area contributed by atoms with Gasteiger partial charge in [0.25, 0.3) is 11.8 Å². The quantitative estimate of drug-likeness (QED) is 0.259. The van der Waals surface area contributed by atoms with Gasteiger partial charge in [-0.15, -0.1) is 10.2 Å². The van der Waals surface area contributed by atoms with Gasteiger partial charge >= 0.3 is 0 Å². The number of ether oxygens (including phenoxy) is 1. The Bertz CT molecular complexity index is 1190. The number of H-pyrrole nitrogens is 1. The van der Waals surface area contributed by atoms with E-state index in [0.29, 0.717) is 23.7 Å². The maximum atomic E-state index is 12.8. The molecule has 0 bridgehead atoms. The number of aromatic nitrogens is 4. The zero-order valence-electron chi connectivity index (χ0n) is 20.2. The van der Waals surface area contributed by atoms with Gasteiger partial charge in [-0.3, -0.25) is 9.59 Å². The van der Waals surface area contributed by atoms with E-state index in [0.717, 1.165) is 49.9 Å². The minimum atomic E-state index is -0.639. The van der Waals surface area contributed by atoms with Crippen molar-refractivity contribution in [2.24, 2.45) is 0 Å². The van der Waals surface area contributed by atoms with Crippen molar-refractivity contribution in [3.63, 3.8) is 0 Å². The monoisotopic (exact) mass is 490 g/mol. The van der Waals surface area contributed by atoms with Gasteiger partial charge in [0.2, 0.25) is 0 Å². The third-order valence-electron chi connectivity index (χ3n) is 5.94. The number of rotatable bonds is 12. The Labute approximate surface area is 209 Å². The van der Waals surface area contributed by atoms with Gasteiger partial charge in [-0.25, -0.2) is 0 Å². The van der Waals surface area contributed by atoms with Crippen molar-refractivity contribution in [3.05, 3.63) is 71.3 Å². The molecule has 3 N–H and O–H groups in total. The largest absolute Gasteiger partial charge is 0.509 e. The molecule has 0 saturated carbocycles. The van der Waals surface area contributed by atoms with Gasteiger partial charge in [0.1, 0.15) is 17.1 Å². The van der Waals surface area contributed by atoms with Crippen molar-refractivity contribution >= 4 is 23.2 Å². The molecule has 0 fully saturated rings. The van der Waals surface area contributed by atoms with Crippen LogP contribution in [0.1, 0.15) is 43.5 Å². The van der Waals surface area contributed by atoms with Crippen LogP contribution in [0.3, 0.4) is 0 Å². The number of nitrogens with zero attached hydrogens (tertiary/aromatic N) is 4. The highest BCUT2D eigenvalue weighted by atomic mass is 16.5. The molecule has 0 unspecified atom stereocenters. The van der Waals surface area contributed by atoms with E-state index in [-0.39, 0.29) is 17.9 Å². The molecule has 10 nitrogen and oxygen atoms in total. The summed E-state index contributed by atoms with van der Waals surface area (Å²) in [6.45, 7) is 2.53. The average molecular weight is 491 g/mol. The molecule has 0 aliphatic carbocycles. The first-order valence-corrected chi connectivity index (χ1v) is 12.1. The predicted molar refractivity (Wildman–Crippen MR) is 135 cm³/mol. The van der Waals surface area contributed by atoms with Gasteiger partial charge in [-0.1, -0.05) is 42.2 Å². The lowest BCUT2D eigenvalue weighted by molar-refractivity contribution is -0.119. The predicted octanol–water partition coefficient (Wildman–Crippen LogP) is 3.88. The number of tetrazole rings is 1. The summed E-state index contributed by atoms with van der Waals surface area (Å²) in [7, 11) is 0. The van der Waals surface area contributed by atoms with Gasteiger partial charge in [0.05, 0.1) is 13.2 Å². The number of benzene rings is 2. The van der Waals surface area contributed by atoms with Crippen molar-refractivity contribution in [1.82, 2.24) is 20.6 Å². The van der Waals surface area contributed by atoms with Gasteiger partial charge in [-0.2, -0.15) is 5.21 Å². The number of carbonyl (C=O) groups is 2. The Balaban J connectivity index is 1.17. The molecule has 188 valence electrons. The summed E-state index contributed by atoms with van der Waals surface area (Å²) in [5.74, 6) is 0.0526. The lowest BCUT2D eigenvalue weighted by Gasteiger charge is -2.16. The number of aromatic amines is 1. The molecular weight excluding hydrogens is 460 g/mol. The zero-order chi connectivity index (χ0) is 25.3. The molecule has 0 radical (unpaired) electrons. The summed E-state index contributed by atoms with van der Waals surface area (Å²) >= 11 is 0. The summed E-state index contributed by atoms with van der Waals surface area (Å²) in [6, 6.07) is 14.3. The number of hydrogen-bond acceptors (Lipinski definition) is 7. The highest BCUT2D eigenvalue weighted by Crippen LogP contribution is 2.26. The lowest BCUT2D eigenvalue weighted by atomic mass is 10.1. The zero-order valence-corrected chi connectivity index (χ0v) is 20.2. The molecule has 1 aliphatic heterocycles. The topological polar surface area (TPSA) is 133 Å². The van der Waals surface area contributed by atoms with Gasteiger partial charge < -0.3 is 20.1 Å². The first-order chi connectivity index (χ1) is 17.5. The van der Waals surface area contributed by atoms with Crippen LogP contribution in [-0.4, -0.2) is 50.7 Å². The highest BCUT2D eigenvalue weighted by Gasteiger charge is 2.36. The number of carbonyl (C=O) groups excluding carboxylic acids is 2. The van der Waals surface area contributed by atoms with Crippen molar-refractivity contribution in [2.75, 3.05) is 23.4 Å². The molecule has 1 aliphatic rings. The SMILES string of the molecule is Cc1ccc(N2CC(O)=C(C(=O)Nc3ccc(OCCCCCCCc4nn[nH]n4)cc3)C2=O)cc1. The first-order valence-electron chi connectivity index (χ1n) is 12.1. The van der Waals surface area contributed by atoms with Crippen LogP contribution in [0.2, 0.25) is 0 Å². The molecule has 0 atom stereocenters. The second-order valence-corrected chi connectivity index (χ2v) is 8.72. The van der Waals surface area contributed by atoms with Crippen LogP contribution in [0.15, 0.2) is 59.9 Å². The molecular formula is C26H30N6O4. The van der Waals surface area contributed by atoms with Crippen LogP contribution < -0.4 is 15.0 Å². The number of aryl methyl sites for hydroxylation is 2. The third kappa shape index (κ3) is 6.47. The van der Waals surface area contributed by atoms with Crippen LogP contribution in [0.5, 0.6) is 5.75 Å². The average Bonchev–Trinajstić information content (AvgIpc) is 3.49. The number of nitrogens with one attached hydrogen (secondary N) is 2. The van der Waals surface area contributed by atoms with Gasteiger partial charge in [0.15, 0.2) is 5.82 Å². The van der Waals surface area contributed by atoms with Gasteiger partial charge in [-0.05, 0) is 56.2 Å². The summed E-state index contributed by atoms with van der Waals surface area (Å²) in [4.78, 5) is 26.9. The smallest absolute Gasteiger partial charge is 0.267 e. The van der Waals surface area contributed by atoms with E-state index in [2.05, 4.69) is 25.9 Å². The van der Waals surface area contributed by atoms with E-state index in [1.54, 1.807) is 36.4 Å². The Morgan fingerprint density at radius 1 is 1.06 bits per heavy atom. The van der Waals surface area contributed by atoms with Crippen LogP contribution in [0.4, 0.5) is 11.4 Å². The second kappa shape index (κ2) is 12.0. The molecule has 0 spiro atoms. The van der Waals surface area contributed by atoms with E-state index in [1.807, 2.05) is 19.1 Å². The molecule has 4 rings (SSSR count). The molecule has 0 saturated heterocycles. The lowest BCUT2D eigenvalue weighted by Crippen LogP contribution is -2.30. The van der Waals surface area contributed by atoms with Crippen LogP contribution >= 0.6 is 0 Å². The summed E-state index contributed by atoms with van der Waals surface area (Å²) in [5.41, 5.74) is 1.95. The van der Waals surface area contributed by atoms with Crippen LogP contribution in [0, 0.1) is 6.92 Å². The van der Waals surface area contributed by atoms with Crippen molar-refractivity contribution in [3.8, 4) is 5.75 Å². The first kappa shape index (κ1) is 24.9. The molecule has 1 aromatic heterocycles. The van der Waals surface area contributed by atoms with E-state index in [9.17, 15) is 14.7 Å². The molecule has 2 amide bonds. The fourth-order valence-corrected chi connectivity index (χ4v) is 3.94. The van der Waals surface area contributed by atoms with E-state index >= 15 is 0 Å². The molecule has 10 heteroatoms. The fourth-order valence-electron chi connectivity index (χ4n) is 3.94. The standard InChI is InChI=1S/C26H30N6O4/c1-18-8-12-20(13-9-18)32-17-22(33)24(26(32)35)25(34)27-19-10-14-21(15-11-19)36-16-6-4-2-3-5-7-23-28-30-31-29-23/h8-15,33H,2-7,16-17H2,1H3,(H,27,34)(H,28,29,30,31). The Hall–Kier alpha value is -4.21. The van der Waals surface area contributed by atoms with E-state index in [1.165, 1.54) is 4.90 Å². The maximum absolute atomic E-state index is 12.8.